The van der Waals surface area contributed by atoms with Crippen LogP contribution < -0.4 is 15.8 Å². The van der Waals surface area contributed by atoms with Crippen molar-refractivity contribution in [1.29, 1.82) is 0 Å². The third-order valence-electron chi connectivity index (χ3n) is 6.11. The summed E-state index contributed by atoms with van der Waals surface area (Å²) in [7, 11) is 2.63. The van der Waals surface area contributed by atoms with E-state index in [1.807, 2.05) is 65.4 Å². The number of aliphatic hydroxyl groups is 1. The van der Waals surface area contributed by atoms with Crippen molar-refractivity contribution in [3.05, 3.63) is 102 Å². The zero-order valence-corrected chi connectivity index (χ0v) is 22.3. The number of primary amides is 1. The number of aromatic nitrogens is 2. The van der Waals surface area contributed by atoms with Crippen LogP contribution in [0.2, 0.25) is 0 Å². The molecule has 3 aromatic rings. The quantitative estimate of drug-likeness (QED) is 0.427. The van der Waals surface area contributed by atoms with Crippen molar-refractivity contribution in [3.63, 3.8) is 0 Å². The van der Waals surface area contributed by atoms with Crippen molar-refractivity contribution >= 4 is 6.03 Å². The lowest BCUT2D eigenvalue weighted by atomic mass is 9.79. The summed E-state index contributed by atoms with van der Waals surface area (Å²) in [6.45, 7) is 6.76. The van der Waals surface area contributed by atoms with Gasteiger partial charge in [0, 0.05) is 28.0 Å². The summed E-state index contributed by atoms with van der Waals surface area (Å²) in [6, 6.07) is 16.6. The van der Waals surface area contributed by atoms with E-state index in [4.69, 9.17) is 15.6 Å². The van der Waals surface area contributed by atoms with Gasteiger partial charge >= 0.3 is 6.03 Å². The number of urea groups is 1. The Kier molecular flexibility index (Phi) is 12.9. The Bertz CT molecular complexity index is 1150. The molecule has 0 bridgehead atoms. The molecule has 0 radical (unpaired) electrons. The number of amides is 2. The standard InChI is InChI=1S/C19H20N4O2.C9H14.CH4O.H2O.2H2/c1-25-16-9-7-15(8-10-16)23-12-11-21-18(23)17(22-19(20)24)13-14-5-3-2-4-6-14;1-8-6-4-5-7-9(8,2)3;1-2;;;/h2-12,17H,13H2,1H3,(H3,20,22,24);4-6H,7H2,1-3H3;2H,1H3;1H2;2*1H/t17-;;;;;/m0...../s1. The Morgan fingerprint density at radius 2 is 1.84 bits per heavy atom. The first-order valence-corrected chi connectivity index (χ1v) is 11.9. The predicted molar refractivity (Wildman–Crippen MR) is 153 cm³/mol. The highest BCUT2D eigenvalue weighted by Crippen LogP contribution is 2.32. The molecule has 1 aromatic heterocycles. The van der Waals surface area contributed by atoms with Gasteiger partial charge in [-0.05, 0) is 55.0 Å². The molecule has 1 heterocycles. The smallest absolute Gasteiger partial charge is 0.312 e. The van der Waals surface area contributed by atoms with Crippen molar-refractivity contribution in [2.75, 3.05) is 14.2 Å². The monoisotopic (exact) mass is 512 g/mol. The van der Waals surface area contributed by atoms with Crippen LogP contribution in [-0.4, -0.2) is 40.4 Å². The average molecular weight is 513 g/mol. The number of hydrogen-bond acceptors (Lipinski definition) is 4. The molecule has 1 aliphatic carbocycles. The van der Waals surface area contributed by atoms with E-state index in [0.717, 1.165) is 24.1 Å². The van der Waals surface area contributed by atoms with Crippen LogP contribution in [0.5, 0.6) is 5.75 Å². The zero-order valence-electron chi connectivity index (χ0n) is 22.3. The Labute approximate surface area is 222 Å². The lowest BCUT2D eigenvalue weighted by Gasteiger charge is -2.26. The minimum Gasteiger partial charge on any atom is -0.497 e. The number of allylic oxidation sites excluding steroid dienone is 4. The largest absolute Gasteiger partial charge is 0.497 e. The molecular formula is C29H44N4O4. The highest BCUT2D eigenvalue weighted by Gasteiger charge is 2.20. The number of aliphatic hydroxyl groups excluding tert-OH is 1. The van der Waals surface area contributed by atoms with Crippen molar-refractivity contribution in [1.82, 2.24) is 14.9 Å². The number of methoxy groups -OCH3 is 1. The molecule has 0 aliphatic heterocycles. The summed E-state index contributed by atoms with van der Waals surface area (Å²) in [5.74, 6) is 1.49. The summed E-state index contributed by atoms with van der Waals surface area (Å²) in [5.41, 5.74) is 9.30. The molecule has 8 nitrogen and oxygen atoms in total. The Morgan fingerprint density at radius 3 is 2.35 bits per heavy atom. The van der Waals surface area contributed by atoms with Gasteiger partial charge in [-0.1, -0.05) is 68.0 Å². The fourth-order valence-corrected chi connectivity index (χ4v) is 3.72. The summed E-state index contributed by atoms with van der Waals surface area (Å²) in [6.07, 6.45) is 11.9. The number of carbonyl (C=O) groups is 1. The molecule has 0 spiro atoms. The maximum absolute atomic E-state index is 11.5. The fourth-order valence-electron chi connectivity index (χ4n) is 3.72. The Balaban J connectivity index is 0. The SMILES string of the molecule is CC1=CC=CCC1(C)C.CO.COc1ccc(-n2ccnc2[C@H](Cc2ccccc2)NC(N)=O)cc1.O.[HH].[HH]. The maximum Gasteiger partial charge on any atom is 0.312 e. The second kappa shape index (κ2) is 15.3. The molecule has 0 unspecified atom stereocenters. The third kappa shape index (κ3) is 9.25. The van der Waals surface area contributed by atoms with E-state index < -0.39 is 6.03 Å². The van der Waals surface area contributed by atoms with Crippen LogP contribution in [0.3, 0.4) is 0 Å². The topological polar surface area (TPSA) is 134 Å². The first kappa shape index (κ1) is 31.2. The third-order valence-corrected chi connectivity index (χ3v) is 6.11. The van der Waals surface area contributed by atoms with Gasteiger partial charge in [0.2, 0.25) is 0 Å². The van der Waals surface area contributed by atoms with Gasteiger partial charge in [-0.2, -0.15) is 0 Å². The summed E-state index contributed by atoms with van der Waals surface area (Å²) in [4.78, 5) is 15.9. The van der Waals surface area contributed by atoms with Crippen molar-refractivity contribution in [3.8, 4) is 11.4 Å². The van der Waals surface area contributed by atoms with E-state index in [2.05, 4.69) is 49.3 Å². The van der Waals surface area contributed by atoms with Gasteiger partial charge in [0.1, 0.15) is 11.6 Å². The number of ether oxygens (including phenoxy) is 1. The minimum absolute atomic E-state index is 0. The zero-order chi connectivity index (χ0) is 26.6. The highest BCUT2D eigenvalue weighted by atomic mass is 16.5. The average Bonchev–Trinajstić information content (AvgIpc) is 3.37. The van der Waals surface area contributed by atoms with Gasteiger partial charge in [-0.3, -0.25) is 0 Å². The van der Waals surface area contributed by atoms with Crippen LogP contribution in [-0.2, 0) is 6.42 Å². The fraction of sp³-hybridized carbons (Fsp3) is 0.310. The molecule has 8 heteroatoms. The molecule has 204 valence electrons. The van der Waals surface area contributed by atoms with Crippen LogP contribution in [0, 0.1) is 5.41 Å². The van der Waals surface area contributed by atoms with Gasteiger partial charge in [-0.25, -0.2) is 9.78 Å². The Hall–Kier alpha value is -3.88. The highest BCUT2D eigenvalue weighted by molar-refractivity contribution is 5.72. The van der Waals surface area contributed by atoms with Crippen LogP contribution in [0.15, 0.2) is 90.8 Å². The first-order chi connectivity index (χ1) is 17.3. The second-order valence-electron chi connectivity index (χ2n) is 8.97. The number of hydrogen-bond donors (Lipinski definition) is 3. The van der Waals surface area contributed by atoms with E-state index in [-0.39, 0.29) is 14.4 Å². The van der Waals surface area contributed by atoms with Gasteiger partial charge < -0.3 is 30.9 Å². The molecule has 0 fully saturated rings. The number of imidazole rings is 1. The molecule has 4 rings (SSSR count). The molecule has 0 saturated heterocycles. The van der Waals surface area contributed by atoms with E-state index >= 15 is 0 Å². The molecule has 2 aromatic carbocycles. The summed E-state index contributed by atoms with van der Waals surface area (Å²) >= 11 is 0. The van der Waals surface area contributed by atoms with Crippen LogP contribution in [0.25, 0.3) is 5.69 Å². The number of carbonyl (C=O) groups excluding carboxylic acids is 1. The number of nitrogens with zero attached hydrogens (tertiary/aromatic N) is 2. The van der Waals surface area contributed by atoms with Crippen LogP contribution in [0.4, 0.5) is 4.79 Å². The number of nitrogens with one attached hydrogen (secondary N) is 1. The maximum atomic E-state index is 11.5. The molecule has 37 heavy (non-hydrogen) atoms. The number of benzene rings is 2. The summed E-state index contributed by atoms with van der Waals surface area (Å²) in [5, 5.41) is 9.79. The number of nitrogens with two attached hydrogens (primary N) is 1. The van der Waals surface area contributed by atoms with E-state index in [1.54, 1.807) is 13.3 Å². The molecule has 1 atom stereocenters. The lowest BCUT2D eigenvalue weighted by Crippen LogP contribution is -2.35. The second-order valence-corrected chi connectivity index (χ2v) is 8.97. The van der Waals surface area contributed by atoms with E-state index in [1.165, 1.54) is 12.0 Å². The van der Waals surface area contributed by atoms with Crippen molar-refractivity contribution < 1.29 is 23.0 Å². The predicted octanol–water partition coefficient (Wildman–Crippen LogP) is 5.03. The van der Waals surface area contributed by atoms with E-state index in [0.29, 0.717) is 17.7 Å². The molecule has 6 N–H and O–H groups in total. The van der Waals surface area contributed by atoms with Gasteiger partial charge in [0.05, 0.1) is 13.2 Å². The summed E-state index contributed by atoms with van der Waals surface area (Å²) < 4.78 is 7.13. The van der Waals surface area contributed by atoms with Crippen molar-refractivity contribution in [2.45, 2.75) is 39.7 Å². The molecule has 2 amide bonds. The van der Waals surface area contributed by atoms with Gasteiger partial charge in [-0.15, -0.1) is 0 Å². The molecule has 0 saturated carbocycles. The van der Waals surface area contributed by atoms with Gasteiger partial charge in [0.25, 0.3) is 0 Å². The molecular weight excluding hydrogens is 468 g/mol. The van der Waals surface area contributed by atoms with Gasteiger partial charge in [0.15, 0.2) is 0 Å². The van der Waals surface area contributed by atoms with Crippen LogP contribution >= 0.6 is 0 Å². The minimum atomic E-state index is -0.579. The molecule has 1 aliphatic rings. The first-order valence-electron chi connectivity index (χ1n) is 11.9. The van der Waals surface area contributed by atoms with E-state index in [9.17, 15) is 4.79 Å². The number of rotatable bonds is 6. The van der Waals surface area contributed by atoms with Crippen molar-refractivity contribution in [2.24, 2.45) is 11.1 Å². The Morgan fingerprint density at radius 1 is 1.19 bits per heavy atom. The normalized spacial score (nSPS) is 13.8. The van der Waals surface area contributed by atoms with Crippen LogP contribution in [0.1, 0.15) is 47.5 Å². The lowest BCUT2D eigenvalue weighted by molar-refractivity contribution is 0.244.